The average Bonchev–Trinajstić information content (AvgIpc) is 3.96. The molecule has 0 saturated heterocycles. The predicted molar refractivity (Wildman–Crippen MR) is 324 cm³/mol. The van der Waals surface area contributed by atoms with Crippen LogP contribution >= 0.6 is 0 Å². The Labute approximate surface area is 443 Å². The number of fused-ring (bicyclic) bond motifs is 6. The Morgan fingerprint density at radius 3 is 1.03 bits per heavy atom. The van der Waals surface area contributed by atoms with Gasteiger partial charge in [0, 0.05) is 55.4 Å². The van der Waals surface area contributed by atoms with E-state index in [9.17, 15) is 0 Å². The lowest BCUT2D eigenvalue weighted by atomic mass is 10.00. The van der Waals surface area contributed by atoms with Crippen LogP contribution in [-0.2, 0) is 0 Å². The SMILES string of the molecule is Cc1ccc(Nc2c(-c3ccccc3)ccc(-n3c4ccccc4c4cc5c6ccccc6n(-c6ccc(-c7ccccc7)c(Nc7ccc(C)c(C)c7)c6Nc6ccccc6)c5cc43)c2Nc2ccccc2)cc1C. The first-order valence-corrected chi connectivity index (χ1v) is 26.1. The van der Waals surface area contributed by atoms with Gasteiger partial charge < -0.3 is 30.4 Å². The minimum atomic E-state index is 0.960. The van der Waals surface area contributed by atoms with Crippen LogP contribution < -0.4 is 21.3 Å². The Morgan fingerprint density at radius 2 is 0.618 bits per heavy atom. The highest BCUT2D eigenvalue weighted by Crippen LogP contribution is 2.48. The second-order valence-electron chi connectivity index (χ2n) is 19.9. The quantitative estimate of drug-likeness (QED) is 0.0985. The lowest BCUT2D eigenvalue weighted by molar-refractivity contribution is 1.16. The van der Waals surface area contributed by atoms with Gasteiger partial charge in [0.15, 0.2) is 0 Å². The number of aromatic nitrogens is 2. The molecule has 0 aliphatic rings. The zero-order valence-electron chi connectivity index (χ0n) is 43.0. The van der Waals surface area contributed by atoms with Crippen LogP contribution in [-0.4, -0.2) is 9.13 Å². The fourth-order valence-electron chi connectivity index (χ4n) is 11.0. The molecule has 0 spiro atoms. The molecular formula is C70H56N6. The van der Waals surface area contributed by atoms with Crippen LogP contribution in [0.5, 0.6) is 0 Å². The maximum atomic E-state index is 3.99. The van der Waals surface area contributed by atoms with Gasteiger partial charge in [-0.15, -0.1) is 0 Å². The minimum Gasteiger partial charge on any atom is -0.353 e. The van der Waals surface area contributed by atoms with Crippen molar-refractivity contribution in [1.82, 2.24) is 9.13 Å². The lowest BCUT2D eigenvalue weighted by Crippen LogP contribution is -2.07. The van der Waals surface area contributed by atoms with Gasteiger partial charge in [-0.3, -0.25) is 0 Å². The Balaban J connectivity index is 1.12. The molecule has 2 heterocycles. The summed E-state index contributed by atoms with van der Waals surface area (Å²) in [6, 6.07) is 87.4. The summed E-state index contributed by atoms with van der Waals surface area (Å²) in [5.74, 6) is 0. The lowest BCUT2D eigenvalue weighted by Gasteiger charge is -2.24. The summed E-state index contributed by atoms with van der Waals surface area (Å²) in [5, 5.41) is 20.6. The van der Waals surface area contributed by atoms with Gasteiger partial charge >= 0.3 is 0 Å². The number of aryl methyl sites for hydroxylation is 4. The maximum absolute atomic E-state index is 3.99. The molecular weight excluding hydrogens is 925 g/mol. The van der Waals surface area contributed by atoms with Crippen LogP contribution in [0.4, 0.5) is 45.5 Å². The predicted octanol–water partition coefficient (Wildman–Crippen LogP) is 19.4. The molecule has 0 bridgehead atoms. The third-order valence-electron chi connectivity index (χ3n) is 15.1. The van der Waals surface area contributed by atoms with Crippen molar-refractivity contribution in [3.8, 4) is 33.6 Å². The summed E-state index contributed by atoms with van der Waals surface area (Å²) in [7, 11) is 0. The fourth-order valence-corrected chi connectivity index (χ4v) is 11.0. The van der Waals surface area contributed by atoms with Gasteiger partial charge in [-0.2, -0.15) is 0 Å². The highest BCUT2D eigenvalue weighted by molar-refractivity contribution is 6.20. The summed E-state index contributed by atoms with van der Waals surface area (Å²) in [5.41, 5.74) is 23.7. The van der Waals surface area contributed by atoms with E-state index in [2.05, 4.69) is 301 Å². The maximum Gasteiger partial charge on any atom is 0.0874 e. The standard InChI is InChI=1S/C70H56N6/c1-45-33-35-53(41-47(45)3)73-67-55(49-21-9-5-10-22-49)37-39-63(69(67)71-51-25-13-7-14-26-51)75-61-31-19-17-29-57(61)59-43-60-58-30-18-20-32-62(58)76(66(60)44-65(59)75)64-40-38-56(50-23-11-6-12-24-50)68(70(64)72-52-27-15-8-16-28-52)74-54-36-34-46(2)48(4)42-54/h5-44,71-74H,1-4H3. The highest BCUT2D eigenvalue weighted by atomic mass is 15.1. The third-order valence-corrected chi connectivity index (χ3v) is 15.1. The van der Waals surface area contributed by atoms with E-state index in [0.29, 0.717) is 0 Å². The smallest absolute Gasteiger partial charge is 0.0874 e. The normalized spacial score (nSPS) is 11.4. The molecule has 13 aromatic rings. The number of hydrogen-bond donors (Lipinski definition) is 4. The Morgan fingerprint density at radius 1 is 0.250 bits per heavy atom. The number of nitrogens with one attached hydrogen (secondary N) is 4. The summed E-state index contributed by atoms with van der Waals surface area (Å²) in [6.45, 7) is 8.69. The molecule has 0 amide bonds. The van der Waals surface area contributed by atoms with Gasteiger partial charge in [0.25, 0.3) is 0 Å². The third kappa shape index (κ3) is 8.27. The molecule has 366 valence electrons. The van der Waals surface area contributed by atoms with Crippen LogP contribution in [0.3, 0.4) is 0 Å². The van der Waals surface area contributed by atoms with Gasteiger partial charge in [-0.1, -0.05) is 158 Å². The largest absolute Gasteiger partial charge is 0.353 e. The van der Waals surface area contributed by atoms with E-state index in [0.717, 1.165) is 101 Å². The zero-order valence-corrected chi connectivity index (χ0v) is 43.0. The number of para-hydroxylation sites is 4. The number of hydrogen-bond acceptors (Lipinski definition) is 4. The molecule has 0 saturated carbocycles. The molecule has 6 nitrogen and oxygen atoms in total. The van der Waals surface area contributed by atoms with E-state index in [-0.39, 0.29) is 0 Å². The summed E-state index contributed by atoms with van der Waals surface area (Å²) in [6.07, 6.45) is 0. The number of rotatable bonds is 12. The van der Waals surface area contributed by atoms with Gasteiger partial charge in [-0.25, -0.2) is 0 Å². The Hall–Kier alpha value is -9.78. The van der Waals surface area contributed by atoms with E-state index in [1.54, 1.807) is 0 Å². The summed E-state index contributed by atoms with van der Waals surface area (Å²) < 4.78 is 4.93. The van der Waals surface area contributed by atoms with E-state index >= 15 is 0 Å². The van der Waals surface area contributed by atoms with E-state index < -0.39 is 0 Å². The second kappa shape index (κ2) is 19.2. The topological polar surface area (TPSA) is 58.0 Å². The molecule has 0 atom stereocenters. The number of anilines is 8. The molecule has 76 heavy (non-hydrogen) atoms. The van der Waals surface area contributed by atoms with Crippen molar-refractivity contribution >= 4 is 89.1 Å². The van der Waals surface area contributed by atoms with Crippen LogP contribution in [0.2, 0.25) is 0 Å². The molecule has 11 aromatic carbocycles. The average molecular weight is 981 g/mol. The first-order valence-electron chi connectivity index (χ1n) is 26.1. The summed E-state index contributed by atoms with van der Waals surface area (Å²) in [4.78, 5) is 0. The van der Waals surface area contributed by atoms with Gasteiger partial charge in [0.1, 0.15) is 0 Å². The van der Waals surface area contributed by atoms with Crippen LogP contribution in [0, 0.1) is 27.7 Å². The Bertz CT molecular complexity index is 4030. The van der Waals surface area contributed by atoms with Crippen molar-refractivity contribution in [2.24, 2.45) is 0 Å². The molecule has 6 heteroatoms. The second-order valence-corrected chi connectivity index (χ2v) is 19.9. The first kappa shape index (κ1) is 46.0. The molecule has 13 rings (SSSR count). The highest BCUT2D eigenvalue weighted by Gasteiger charge is 2.25. The van der Waals surface area contributed by atoms with Crippen LogP contribution in [0.15, 0.2) is 243 Å². The first-order chi connectivity index (χ1) is 37.3. The van der Waals surface area contributed by atoms with Gasteiger partial charge in [0.05, 0.1) is 56.2 Å². The van der Waals surface area contributed by atoms with Crippen molar-refractivity contribution < 1.29 is 0 Å². The van der Waals surface area contributed by atoms with E-state index in [4.69, 9.17) is 0 Å². The van der Waals surface area contributed by atoms with Gasteiger partial charge in [0.2, 0.25) is 0 Å². The van der Waals surface area contributed by atoms with Gasteiger partial charge in [-0.05, 0) is 146 Å². The van der Waals surface area contributed by atoms with Crippen molar-refractivity contribution in [3.63, 3.8) is 0 Å². The number of nitrogens with zero attached hydrogens (tertiary/aromatic N) is 2. The van der Waals surface area contributed by atoms with Crippen LogP contribution in [0.25, 0.3) is 77.2 Å². The van der Waals surface area contributed by atoms with Crippen molar-refractivity contribution in [2.45, 2.75) is 27.7 Å². The molecule has 0 aliphatic carbocycles. The van der Waals surface area contributed by atoms with Crippen LogP contribution in [0.1, 0.15) is 22.3 Å². The molecule has 0 radical (unpaired) electrons. The molecule has 0 unspecified atom stereocenters. The molecule has 4 N–H and O–H groups in total. The van der Waals surface area contributed by atoms with E-state index in [1.807, 2.05) is 0 Å². The Kier molecular flexibility index (Phi) is 11.7. The van der Waals surface area contributed by atoms with Crippen molar-refractivity contribution in [2.75, 3.05) is 21.3 Å². The minimum absolute atomic E-state index is 0.960. The number of benzene rings is 11. The van der Waals surface area contributed by atoms with Crippen molar-refractivity contribution in [1.29, 1.82) is 0 Å². The fraction of sp³-hybridized carbons (Fsp3) is 0.0571. The molecule has 2 aromatic heterocycles. The summed E-state index contributed by atoms with van der Waals surface area (Å²) >= 11 is 0. The molecule has 0 aliphatic heterocycles. The van der Waals surface area contributed by atoms with Crippen molar-refractivity contribution in [3.05, 3.63) is 265 Å². The monoisotopic (exact) mass is 980 g/mol. The zero-order chi connectivity index (χ0) is 51.3. The molecule has 0 fully saturated rings. The van der Waals surface area contributed by atoms with E-state index in [1.165, 1.54) is 43.8 Å².